The van der Waals surface area contributed by atoms with Gasteiger partial charge in [-0.2, -0.15) is 0 Å². The lowest BCUT2D eigenvalue weighted by Gasteiger charge is -2.08. The van der Waals surface area contributed by atoms with Crippen molar-refractivity contribution in [2.24, 2.45) is 11.7 Å². The van der Waals surface area contributed by atoms with Crippen LogP contribution in [-0.2, 0) is 13.1 Å². The molecule has 0 saturated carbocycles. The Bertz CT molecular complexity index is 215. The van der Waals surface area contributed by atoms with E-state index in [0.29, 0.717) is 12.5 Å². The fourth-order valence-electron chi connectivity index (χ4n) is 1.08. The summed E-state index contributed by atoms with van der Waals surface area (Å²) in [6, 6.07) is 0. The molecule has 0 aliphatic rings. The van der Waals surface area contributed by atoms with Gasteiger partial charge in [-0.15, -0.1) is 0 Å². The Hall–Kier alpha value is -0.830. The molecule has 3 nitrogen and oxygen atoms in total. The molecule has 1 aromatic rings. The molecule has 1 heterocycles. The van der Waals surface area contributed by atoms with Crippen LogP contribution in [0.3, 0.4) is 0 Å². The van der Waals surface area contributed by atoms with Crippen molar-refractivity contribution in [1.82, 2.24) is 9.55 Å². The van der Waals surface area contributed by atoms with Crippen molar-refractivity contribution in [2.45, 2.75) is 26.9 Å². The summed E-state index contributed by atoms with van der Waals surface area (Å²) < 4.78 is 2.10. The largest absolute Gasteiger partial charge is 0.333 e. The molecule has 0 fully saturated rings. The van der Waals surface area contributed by atoms with Gasteiger partial charge in [-0.05, 0) is 5.92 Å². The highest BCUT2D eigenvalue weighted by atomic mass is 15.1. The normalized spacial score (nSPS) is 10.9. The standard InChI is InChI=1S/C8H15N3/c1-7(2)5-11-6-10-4-8(11)3-9/h4,6-7H,3,5,9H2,1-2H3. The van der Waals surface area contributed by atoms with Gasteiger partial charge in [0.25, 0.3) is 0 Å². The zero-order valence-electron chi connectivity index (χ0n) is 7.12. The highest BCUT2D eigenvalue weighted by Crippen LogP contribution is 2.02. The SMILES string of the molecule is CC(C)Cn1cncc1CN. The van der Waals surface area contributed by atoms with Gasteiger partial charge in [0.15, 0.2) is 0 Å². The number of imidazole rings is 1. The number of rotatable bonds is 3. The molecule has 0 amide bonds. The first-order valence-electron chi connectivity index (χ1n) is 3.93. The van der Waals surface area contributed by atoms with Crippen molar-refractivity contribution in [1.29, 1.82) is 0 Å². The molecule has 1 aromatic heterocycles. The van der Waals surface area contributed by atoms with Crippen molar-refractivity contribution >= 4 is 0 Å². The van der Waals surface area contributed by atoms with Crippen molar-refractivity contribution in [2.75, 3.05) is 0 Å². The monoisotopic (exact) mass is 153 g/mol. The maximum Gasteiger partial charge on any atom is 0.0948 e. The Morgan fingerprint density at radius 3 is 2.91 bits per heavy atom. The van der Waals surface area contributed by atoms with E-state index in [4.69, 9.17) is 5.73 Å². The summed E-state index contributed by atoms with van der Waals surface area (Å²) >= 11 is 0. The minimum atomic E-state index is 0.576. The highest BCUT2D eigenvalue weighted by Gasteiger charge is 2.00. The summed E-state index contributed by atoms with van der Waals surface area (Å²) in [5, 5.41) is 0. The topological polar surface area (TPSA) is 43.8 Å². The average Bonchev–Trinajstić information content (AvgIpc) is 2.34. The predicted molar refractivity (Wildman–Crippen MR) is 45.0 cm³/mol. The van der Waals surface area contributed by atoms with Crippen LogP contribution in [0, 0.1) is 5.92 Å². The number of hydrogen-bond donors (Lipinski definition) is 1. The maximum atomic E-state index is 5.51. The smallest absolute Gasteiger partial charge is 0.0948 e. The molecule has 0 aromatic carbocycles. The predicted octanol–water partition coefficient (Wildman–Crippen LogP) is 0.998. The van der Waals surface area contributed by atoms with Crippen molar-refractivity contribution in [3.63, 3.8) is 0 Å². The summed E-state index contributed by atoms with van der Waals surface area (Å²) in [6.07, 6.45) is 3.66. The molecule has 2 N–H and O–H groups in total. The van der Waals surface area contributed by atoms with Gasteiger partial charge < -0.3 is 10.3 Å². The number of aromatic nitrogens is 2. The minimum Gasteiger partial charge on any atom is -0.333 e. The molecular weight excluding hydrogens is 138 g/mol. The second kappa shape index (κ2) is 3.53. The first-order valence-corrected chi connectivity index (χ1v) is 3.93. The zero-order chi connectivity index (χ0) is 8.27. The molecule has 0 aliphatic carbocycles. The molecule has 62 valence electrons. The van der Waals surface area contributed by atoms with Crippen LogP contribution in [0.2, 0.25) is 0 Å². The summed E-state index contributed by atoms with van der Waals surface area (Å²) in [6.45, 7) is 5.94. The van der Waals surface area contributed by atoms with Gasteiger partial charge >= 0.3 is 0 Å². The second-order valence-corrected chi connectivity index (χ2v) is 3.14. The summed E-state index contributed by atoms with van der Waals surface area (Å²) in [7, 11) is 0. The molecule has 11 heavy (non-hydrogen) atoms. The van der Waals surface area contributed by atoms with Crippen molar-refractivity contribution in [3.8, 4) is 0 Å². The Morgan fingerprint density at radius 2 is 2.36 bits per heavy atom. The average molecular weight is 153 g/mol. The molecule has 0 spiro atoms. The van der Waals surface area contributed by atoms with E-state index in [1.807, 2.05) is 12.5 Å². The fraction of sp³-hybridized carbons (Fsp3) is 0.625. The van der Waals surface area contributed by atoms with Crippen LogP contribution in [0.5, 0.6) is 0 Å². The van der Waals surface area contributed by atoms with E-state index >= 15 is 0 Å². The third kappa shape index (κ3) is 2.05. The molecule has 0 saturated heterocycles. The fourth-order valence-corrected chi connectivity index (χ4v) is 1.08. The maximum absolute atomic E-state index is 5.51. The summed E-state index contributed by atoms with van der Waals surface area (Å²) in [5.74, 6) is 0.648. The molecule has 0 radical (unpaired) electrons. The molecule has 0 unspecified atom stereocenters. The molecule has 0 atom stereocenters. The zero-order valence-corrected chi connectivity index (χ0v) is 7.12. The van der Waals surface area contributed by atoms with Crippen LogP contribution < -0.4 is 5.73 Å². The van der Waals surface area contributed by atoms with Gasteiger partial charge in [-0.3, -0.25) is 0 Å². The molecular formula is C8H15N3. The number of nitrogens with two attached hydrogens (primary N) is 1. The summed E-state index contributed by atoms with van der Waals surface area (Å²) in [5.41, 5.74) is 6.62. The lowest BCUT2D eigenvalue weighted by Crippen LogP contribution is -2.09. The Balaban J connectivity index is 2.68. The number of hydrogen-bond acceptors (Lipinski definition) is 2. The minimum absolute atomic E-state index is 0.576. The van der Waals surface area contributed by atoms with E-state index < -0.39 is 0 Å². The van der Waals surface area contributed by atoms with Crippen LogP contribution >= 0.6 is 0 Å². The van der Waals surface area contributed by atoms with E-state index in [2.05, 4.69) is 23.4 Å². The van der Waals surface area contributed by atoms with Crippen LogP contribution in [0.4, 0.5) is 0 Å². The first-order chi connectivity index (χ1) is 5.24. The Labute approximate surface area is 67.2 Å². The quantitative estimate of drug-likeness (QED) is 0.704. The number of nitrogens with zero attached hydrogens (tertiary/aromatic N) is 2. The molecule has 0 aliphatic heterocycles. The second-order valence-electron chi connectivity index (χ2n) is 3.14. The van der Waals surface area contributed by atoms with Gasteiger partial charge in [-0.25, -0.2) is 4.98 Å². The van der Waals surface area contributed by atoms with Gasteiger partial charge in [0, 0.05) is 19.3 Å². The Kier molecular flexibility index (Phi) is 2.65. The van der Waals surface area contributed by atoms with E-state index in [0.717, 1.165) is 12.2 Å². The molecule has 3 heteroatoms. The van der Waals surface area contributed by atoms with E-state index in [1.54, 1.807) is 0 Å². The lowest BCUT2D eigenvalue weighted by molar-refractivity contribution is 0.510. The van der Waals surface area contributed by atoms with Gasteiger partial charge in [0.05, 0.1) is 12.0 Å². The first kappa shape index (κ1) is 8.27. The van der Waals surface area contributed by atoms with Gasteiger partial charge in [-0.1, -0.05) is 13.8 Å². The van der Waals surface area contributed by atoms with Crippen LogP contribution in [0.25, 0.3) is 0 Å². The van der Waals surface area contributed by atoms with E-state index in [9.17, 15) is 0 Å². The molecule has 0 bridgehead atoms. The third-order valence-corrected chi connectivity index (χ3v) is 1.57. The van der Waals surface area contributed by atoms with Gasteiger partial charge in [0.2, 0.25) is 0 Å². The lowest BCUT2D eigenvalue weighted by atomic mass is 10.2. The van der Waals surface area contributed by atoms with Crippen LogP contribution in [0.1, 0.15) is 19.5 Å². The molecule has 1 rings (SSSR count). The van der Waals surface area contributed by atoms with Crippen molar-refractivity contribution in [3.05, 3.63) is 18.2 Å². The highest BCUT2D eigenvalue weighted by molar-refractivity contribution is 4.97. The van der Waals surface area contributed by atoms with Gasteiger partial charge in [0.1, 0.15) is 0 Å². The third-order valence-electron chi connectivity index (χ3n) is 1.57. The van der Waals surface area contributed by atoms with E-state index in [-0.39, 0.29) is 0 Å². The Morgan fingerprint density at radius 1 is 1.64 bits per heavy atom. The van der Waals surface area contributed by atoms with E-state index in [1.165, 1.54) is 0 Å². The van der Waals surface area contributed by atoms with Crippen LogP contribution in [-0.4, -0.2) is 9.55 Å². The van der Waals surface area contributed by atoms with Crippen molar-refractivity contribution < 1.29 is 0 Å². The summed E-state index contributed by atoms with van der Waals surface area (Å²) in [4.78, 5) is 4.03. The van der Waals surface area contributed by atoms with Crippen LogP contribution in [0.15, 0.2) is 12.5 Å².